The molecular weight excluding hydrogens is 302 g/mol. The van der Waals surface area contributed by atoms with E-state index >= 15 is 0 Å². The lowest BCUT2D eigenvalue weighted by Gasteiger charge is -2.25. The highest BCUT2D eigenvalue weighted by molar-refractivity contribution is 5.97. The summed E-state index contributed by atoms with van der Waals surface area (Å²) < 4.78 is 0. The molecule has 0 saturated carbocycles. The smallest absolute Gasteiger partial charge is 0.220 e. The summed E-state index contributed by atoms with van der Waals surface area (Å²) in [5.74, 6) is -0.180. The zero-order valence-electron chi connectivity index (χ0n) is 14.1. The van der Waals surface area contributed by atoms with Gasteiger partial charge in [0.15, 0.2) is 5.78 Å². The van der Waals surface area contributed by atoms with E-state index in [2.05, 4.69) is 15.2 Å². The number of carbonyl (C=O) groups is 2. The third kappa shape index (κ3) is 5.28. The molecule has 0 spiro atoms. The highest BCUT2D eigenvalue weighted by Gasteiger charge is 2.15. The van der Waals surface area contributed by atoms with Gasteiger partial charge in [0.25, 0.3) is 0 Å². The Morgan fingerprint density at radius 3 is 2.46 bits per heavy atom. The van der Waals surface area contributed by atoms with Crippen LogP contribution >= 0.6 is 0 Å². The second kappa shape index (κ2) is 8.93. The minimum atomic E-state index is -0.116. The average Bonchev–Trinajstić information content (AvgIpc) is 2.61. The molecule has 1 N–H and O–H groups in total. The first kappa shape index (κ1) is 17.8. The third-order valence-electron chi connectivity index (χ3n) is 3.86. The molecule has 2 rings (SSSR count). The van der Waals surface area contributed by atoms with Crippen molar-refractivity contribution in [1.29, 1.82) is 0 Å². The van der Waals surface area contributed by atoms with Crippen LogP contribution < -0.4 is 5.32 Å². The fraction of sp³-hybridized carbons (Fsp3) is 0.316. The van der Waals surface area contributed by atoms with Crippen LogP contribution in [0.25, 0.3) is 0 Å². The normalized spacial score (nSPS) is 12.0. The molecule has 5 heteroatoms. The molecule has 0 saturated heterocycles. The van der Waals surface area contributed by atoms with E-state index in [4.69, 9.17) is 0 Å². The average molecular weight is 325 g/mol. The van der Waals surface area contributed by atoms with Crippen molar-refractivity contribution >= 4 is 11.7 Å². The van der Waals surface area contributed by atoms with Crippen LogP contribution in [-0.2, 0) is 4.79 Å². The Balaban J connectivity index is 1.82. The molecule has 2 aromatic rings. The van der Waals surface area contributed by atoms with Crippen LogP contribution in [0.4, 0.5) is 0 Å². The van der Waals surface area contributed by atoms with Crippen molar-refractivity contribution in [3.05, 3.63) is 66.0 Å². The van der Waals surface area contributed by atoms with Crippen LogP contribution in [0.1, 0.15) is 34.8 Å². The van der Waals surface area contributed by atoms with Gasteiger partial charge in [-0.25, -0.2) is 0 Å². The molecule has 0 bridgehead atoms. The lowest BCUT2D eigenvalue weighted by Crippen LogP contribution is -2.34. The molecule has 1 unspecified atom stereocenters. The van der Waals surface area contributed by atoms with E-state index in [1.54, 1.807) is 18.3 Å². The van der Waals surface area contributed by atoms with E-state index < -0.39 is 0 Å². The number of pyridine rings is 1. The lowest BCUT2D eigenvalue weighted by molar-refractivity contribution is -0.121. The fourth-order valence-electron chi connectivity index (χ4n) is 2.47. The van der Waals surface area contributed by atoms with Gasteiger partial charge in [-0.3, -0.25) is 14.6 Å². The first-order valence-electron chi connectivity index (χ1n) is 7.99. The molecule has 0 aliphatic carbocycles. The number of nitrogens with one attached hydrogen (secondary N) is 1. The van der Waals surface area contributed by atoms with Crippen LogP contribution in [0, 0.1) is 0 Å². The predicted octanol–water partition coefficient (Wildman–Crippen LogP) is 2.46. The maximum atomic E-state index is 12.0. The van der Waals surface area contributed by atoms with Crippen molar-refractivity contribution in [2.75, 3.05) is 20.6 Å². The molecule has 1 aromatic carbocycles. The van der Waals surface area contributed by atoms with Gasteiger partial charge in [0.1, 0.15) is 0 Å². The maximum Gasteiger partial charge on any atom is 0.220 e. The summed E-state index contributed by atoms with van der Waals surface area (Å²) in [7, 11) is 3.96. The number of benzene rings is 1. The van der Waals surface area contributed by atoms with Gasteiger partial charge in [0.05, 0.1) is 6.04 Å². The van der Waals surface area contributed by atoms with Crippen molar-refractivity contribution in [3.8, 4) is 0 Å². The van der Waals surface area contributed by atoms with E-state index in [9.17, 15) is 9.59 Å². The molecule has 5 nitrogen and oxygen atoms in total. The summed E-state index contributed by atoms with van der Waals surface area (Å²) in [6.07, 6.45) is 3.52. The fourth-order valence-corrected chi connectivity index (χ4v) is 2.47. The number of likely N-dealkylation sites (N-methyl/N-ethyl adjacent to an activating group) is 1. The van der Waals surface area contributed by atoms with Crippen molar-refractivity contribution < 1.29 is 9.59 Å². The highest BCUT2D eigenvalue weighted by atomic mass is 16.2. The number of aromatic nitrogens is 1. The second-order valence-electron chi connectivity index (χ2n) is 5.86. The molecule has 0 fully saturated rings. The van der Waals surface area contributed by atoms with Gasteiger partial charge in [-0.2, -0.15) is 0 Å². The second-order valence-corrected chi connectivity index (χ2v) is 5.86. The molecule has 1 atom stereocenters. The standard InChI is InChI=1S/C19H23N3O2/c1-22(2)17(15-7-4-3-5-8-15)14-21-19(24)11-10-18(23)16-9-6-12-20-13-16/h3-9,12-13,17H,10-11,14H2,1-2H3,(H,21,24). The van der Waals surface area contributed by atoms with E-state index in [0.29, 0.717) is 12.1 Å². The quantitative estimate of drug-likeness (QED) is 0.757. The lowest BCUT2D eigenvalue weighted by atomic mass is 10.1. The van der Waals surface area contributed by atoms with Crippen LogP contribution in [0.2, 0.25) is 0 Å². The van der Waals surface area contributed by atoms with Crippen molar-refractivity contribution in [1.82, 2.24) is 15.2 Å². The third-order valence-corrected chi connectivity index (χ3v) is 3.86. The Hall–Kier alpha value is -2.53. The highest BCUT2D eigenvalue weighted by Crippen LogP contribution is 2.16. The predicted molar refractivity (Wildman–Crippen MR) is 93.7 cm³/mol. The van der Waals surface area contributed by atoms with Gasteiger partial charge < -0.3 is 10.2 Å². The molecule has 24 heavy (non-hydrogen) atoms. The first-order valence-corrected chi connectivity index (χ1v) is 7.99. The van der Waals surface area contributed by atoms with E-state index in [1.165, 1.54) is 6.20 Å². The van der Waals surface area contributed by atoms with Gasteiger partial charge in [-0.05, 0) is 31.8 Å². The minimum absolute atomic E-state index is 0.0644. The van der Waals surface area contributed by atoms with Crippen LogP contribution in [-0.4, -0.2) is 42.2 Å². The number of carbonyl (C=O) groups excluding carboxylic acids is 2. The molecule has 126 valence electrons. The monoisotopic (exact) mass is 325 g/mol. The zero-order chi connectivity index (χ0) is 17.4. The Morgan fingerprint density at radius 1 is 1.08 bits per heavy atom. The number of amides is 1. The summed E-state index contributed by atoms with van der Waals surface area (Å²) in [5.41, 5.74) is 1.69. The Labute approximate surface area is 142 Å². The van der Waals surface area contributed by atoms with Gasteiger partial charge >= 0.3 is 0 Å². The molecule has 1 aromatic heterocycles. The first-order chi connectivity index (χ1) is 11.6. The SMILES string of the molecule is CN(C)C(CNC(=O)CCC(=O)c1cccnc1)c1ccccc1. The molecule has 1 heterocycles. The Morgan fingerprint density at radius 2 is 1.83 bits per heavy atom. The van der Waals surface area contributed by atoms with E-state index in [-0.39, 0.29) is 30.6 Å². The summed E-state index contributed by atoms with van der Waals surface area (Å²) >= 11 is 0. The van der Waals surface area contributed by atoms with Gasteiger partial charge in [0.2, 0.25) is 5.91 Å². The number of hydrogen-bond acceptors (Lipinski definition) is 4. The van der Waals surface area contributed by atoms with Gasteiger partial charge in [-0.15, -0.1) is 0 Å². The largest absolute Gasteiger partial charge is 0.354 e. The summed E-state index contributed by atoms with van der Waals surface area (Å²) in [6.45, 7) is 0.511. The number of Topliss-reactive ketones (excluding diaryl/α,β-unsaturated/α-hetero) is 1. The molecular formula is C19H23N3O2. The van der Waals surface area contributed by atoms with Crippen molar-refractivity contribution in [2.45, 2.75) is 18.9 Å². The van der Waals surface area contributed by atoms with Gasteiger partial charge in [-0.1, -0.05) is 30.3 Å². The van der Waals surface area contributed by atoms with Crippen LogP contribution in [0.3, 0.4) is 0 Å². The van der Waals surface area contributed by atoms with E-state index in [1.807, 2.05) is 44.4 Å². The number of ketones is 1. The number of nitrogens with zero attached hydrogens (tertiary/aromatic N) is 2. The molecule has 0 aliphatic rings. The van der Waals surface area contributed by atoms with Gasteiger partial charge in [0, 0.05) is 37.3 Å². The van der Waals surface area contributed by atoms with E-state index in [0.717, 1.165) is 5.56 Å². The summed E-state index contributed by atoms with van der Waals surface area (Å²) in [4.78, 5) is 30.0. The maximum absolute atomic E-state index is 12.0. The van der Waals surface area contributed by atoms with Crippen LogP contribution in [0.5, 0.6) is 0 Å². The number of rotatable bonds is 8. The minimum Gasteiger partial charge on any atom is -0.354 e. The topological polar surface area (TPSA) is 62.3 Å². The molecule has 0 radical (unpaired) electrons. The zero-order valence-corrected chi connectivity index (χ0v) is 14.1. The summed E-state index contributed by atoms with van der Waals surface area (Å²) in [6, 6.07) is 13.6. The molecule has 0 aliphatic heterocycles. The van der Waals surface area contributed by atoms with Crippen molar-refractivity contribution in [2.24, 2.45) is 0 Å². The van der Waals surface area contributed by atoms with Crippen molar-refractivity contribution in [3.63, 3.8) is 0 Å². The summed E-state index contributed by atoms with van der Waals surface area (Å²) in [5, 5.41) is 2.92. The van der Waals surface area contributed by atoms with Crippen LogP contribution in [0.15, 0.2) is 54.9 Å². The molecule has 1 amide bonds. The number of hydrogen-bond donors (Lipinski definition) is 1. The Bertz CT molecular complexity index is 657. The Kier molecular flexibility index (Phi) is 6.63.